The van der Waals surface area contributed by atoms with Crippen LogP contribution in [-0.4, -0.2) is 14.7 Å². The van der Waals surface area contributed by atoms with Crippen LogP contribution in [0.15, 0.2) is 24.3 Å². The van der Waals surface area contributed by atoms with Gasteiger partial charge >= 0.3 is 0 Å². The number of nitrogens with one attached hydrogen (secondary N) is 1. The summed E-state index contributed by atoms with van der Waals surface area (Å²) in [6, 6.07) is 7.76. The minimum Gasteiger partial charge on any atom is -0.213 e. The van der Waals surface area contributed by atoms with Crippen LogP contribution in [0.2, 0.25) is 0 Å². The van der Waals surface area contributed by atoms with Gasteiger partial charge in [-0.25, -0.2) is 13.1 Å². The van der Waals surface area contributed by atoms with Crippen molar-refractivity contribution >= 4 is 26.0 Å². The van der Waals surface area contributed by atoms with Crippen molar-refractivity contribution in [3.8, 4) is 0 Å². The fraction of sp³-hybridized carbons (Fsp3) is 0.333. The number of sulfonamides is 1. The van der Waals surface area contributed by atoms with Crippen molar-refractivity contribution < 1.29 is 8.42 Å². The Kier molecular flexibility index (Phi) is 4.10. The molecule has 0 heterocycles. The summed E-state index contributed by atoms with van der Waals surface area (Å²) >= 11 is 3.34. The van der Waals surface area contributed by atoms with Gasteiger partial charge in [0.15, 0.2) is 0 Å². The van der Waals surface area contributed by atoms with E-state index in [2.05, 4.69) is 20.7 Å². The summed E-state index contributed by atoms with van der Waals surface area (Å²) in [4.78, 5) is 0. The van der Waals surface area contributed by atoms with Gasteiger partial charge in [-0.15, -0.1) is 0 Å². The maximum absolute atomic E-state index is 10.8. The summed E-state index contributed by atoms with van der Waals surface area (Å²) in [5.74, 6) is 0. The molecule has 5 heteroatoms. The van der Waals surface area contributed by atoms with E-state index in [0.717, 1.165) is 17.1 Å². The molecule has 0 fully saturated rings. The molecule has 0 unspecified atom stereocenters. The van der Waals surface area contributed by atoms with Gasteiger partial charge in [0.05, 0.1) is 6.26 Å². The van der Waals surface area contributed by atoms with E-state index in [4.69, 9.17) is 0 Å². The Bertz CT molecular complexity index is 386. The van der Waals surface area contributed by atoms with Crippen LogP contribution in [0.1, 0.15) is 11.1 Å². The summed E-state index contributed by atoms with van der Waals surface area (Å²) in [6.45, 7) is 0.349. The molecule has 14 heavy (non-hydrogen) atoms. The third kappa shape index (κ3) is 4.21. The average molecular weight is 278 g/mol. The van der Waals surface area contributed by atoms with E-state index in [1.54, 1.807) is 0 Å². The Morgan fingerprint density at radius 2 is 1.71 bits per heavy atom. The lowest BCUT2D eigenvalue weighted by Gasteiger charge is -2.03. The molecule has 0 bridgehead atoms. The first kappa shape index (κ1) is 11.7. The number of rotatable bonds is 4. The second-order valence-corrected chi connectivity index (χ2v) is 5.44. The third-order valence-electron chi connectivity index (χ3n) is 1.72. The normalized spacial score (nSPS) is 11.6. The van der Waals surface area contributed by atoms with Gasteiger partial charge < -0.3 is 0 Å². The summed E-state index contributed by atoms with van der Waals surface area (Å²) < 4.78 is 24.1. The largest absolute Gasteiger partial charge is 0.213 e. The molecule has 0 aliphatic rings. The zero-order valence-corrected chi connectivity index (χ0v) is 10.2. The summed E-state index contributed by atoms with van der Waals surface area (Å²) in [6.07, 6.45) is 1.15. The van der Waals surface area contributed by atoms with Crippen LogP contribution in [-0.2, 0) is 21.9 Å². The predicted octanol–water partition coefficient (Wildman–Crippen LogP) is 1.63. The smallest absolute Gasteiger partial charge is 0.209 e. The van der Waals surface area contributed by atoms with E-state index in [-0.39, 0.29) is 0 Å². The van der Waals surface area contributed by atoms with Gasteiger partial charge in [-0.2, -0.15) is 0 Å². The molecule has 0 atom stereocenters. The number of hydrogen-bond donors (Lipinski definition) is 1. The molecule has 0 aliphatic heterocycles. The highest BCUT2D eigenvalue weighted by Gasteiger charge is 2.00. The number of hydrogen-bond acceptors (Lipinski definition) is 2. The molecule has 1 aromatic rings. The van der Waals surface area contributed by atoms with Crippen LogP contribution in [0.25, 0.3) is 0 Å². The van der Waals surface area contributed by atoms with Crippen LogP contribution in [0.5, 0.6) is 0 Å². The molecule has 0 saturated carbocycles. The van der Waals surface area contributed by atoms with Gasteiger partial charge in [0.2, 0.25) is 10.0 Å². The highest BCUT2D eigenvalue weighted by molar-refractivity contribution is 9.08. The minimum absolute atomic E-state index is 0.349. The van der Waals surface area contributed by atoms with Crippen molar-refractivity contribution in [1.82, 2.24) is 4.72 Å². The lowest BCUT2D eigenvalue weighted by Crippen LogP contribution is -2.21. The first-order chi connectivity index (χ1) is 6.51. The molecular weight excluding hydrogens is 266 g/mol. The Hall–Kier alpha value is -0.390. The molecular formula is C9H12BrNO2S. The zero-order chi connectivity index (χ0) is 10.6. The van der Waals surface area contributed by atoms with E-state index < -0.39 is 10.0 Å². The Balaban J connectivity index is 2.61. The second-order valence-electron chi connectivity index (χ2n) is 3.04. The van der Waals surface area contributed by atoms with Gasteiger partial charge in [-0.3, -0.25) is 0 Å². The molecule has 0 aliphatic carbocycles. The topological polar surface area (TPSA) is 46.2 Å². The first-order valence-electron chi connectivity index (χ1n) is 4.09. The second kappa shape index (κ2) is 4.91. The van der Waals surface area contributed by atoms with Crippen molar-refractivity contribution in [3.05, 3.63) is 35.4 Å². The SMILES string of the molecule is CS(=O)(=O)NCc1ccc(CBr)cc1. The molecule has 1 N–H and O–H groups in total. The van der Waals surface area contributed by atoms with Gasteiger partial charge in [-0.1, -0.05) is 40.2 Å². The standard InChI is InChI=1S/C9H12BrNO2S/c1-14(12,13)11-7-9-4-2-8(6-10)3-5-9/h2-5,11H,6-7H2,1H3. The number of halogens is 1. The minimum atomic E-state index is -3.10. The Labute approximate surface area is 92.7 Å². The molecule has 0 saturated heterocycles. The van der Waals surface area contributed by atoms with Crippen molar-refractivity contribution in [3.63, 3.8) is 0 Å². The van der Waals surface area contributed by atoms with E-state index >= 15 is 0 Å². The quantitative estimate of drug-likeness (QED) is 0.851. The molecule has 1 rings (SSSR count). The maximum atomic E-state index is 10.8. The highest BCUT2D eigenvalue weighted by atomic mass is 79.9. The van der Waals surface area contributed by atoms with Crippen LogP contribution >= 0.6 is 15.9 Å². The number of alkyl halides is 1. The Morgan fingerprint density at radius 3 is 2.14 bits per heavy atom. The number of benzene rings is 1. The summed E-state index contributed by atoms with van der Waals surface area (Å²) in [5, 5.41) is 0.812. The van der Waals surface area contributed by atoms with E-state index in [1.165, 1.54) is 5.56 Å². The molecule has 0 aromatic heterocycles. The molecule has 1 aromatic carbocycles. The lowest BCUT2D eigenvalue weighted by molar-refractivity contribution is 0.587. The summed E-state index contributed by atoms with van der Waals surface area (Å²) in [5.41, 5.74) is 2.13. The van der Waals surface area contributed by atoms with Gasteiger partial charge in [0.25, 0.3) is 0 Å². The van der Waals surface area contributed by atoms with Crippen molar-refractivity contribution in [1.29, 1.82) is 0 Å². The Morgan fingerprint density at radius 1 is 1.21 bits per heavy atom. The molecule has 78 valence electrons. The maximum Gasteiger partial charge on any atom is 0.209 e. The fourth-order valence-corrected chi connectivity index (χ4v) is 1.76. The monoisotopic (exact) mass is 277 g/mol. The van der Waals surface area contributed by atoms with Crippen LogP contribution < -0.4 is 4.72 Å². The molecule has 0 spiro atoms. The van der Waals surface area contributed by atoms with E-state index in [9.17, 15) is 8.42 Å². The summed E-state index contributed by atoms with van der Waals surface area (Å²) in [7, 11) is -3.10. The third-order valence-corrected chi connectivity index (χ3v) is 3.03. The van der Waals surface area contributed by atoms with Gasteiger partial charge in [0.1, 0.15) is 0 Å². The fourth-order valence-electron chi connectivity index (χ4n) is 0.961. The molecule has 0 radical (unpaired) electrons. The van der Waals surface area contributed by atoms with Crippen LogP contribution in [0.4, 0.5) is 0 Å². The lowest BCUT2D eigenvalue weighted by atomic mass is 10.2. The average Bonchev–Trinajstić information content (AvgIpc) is 2.14. The van der Waals surface area contributed by atoms with Crippen molar-refractivity contribution in [2.75, 3.05) is 6.26 Å². The predicted molar refractivity (Wildman–Crippen MR) is 60.8 cm³/mol. The highest BCUT2D eigenvalue weighted by Crippen LogP contribution is 2.07. The van der Waals surface area contributed by atoms with Crippen molar-refractivity contribution in [2.24, 2.45) is 0 Å². The van der Waals surface area contributed by atoms with Gasteiger partial charge in [0, 0.05) is 11.9 Å². The van der Waals surface area contributed by atoms with Crippen molar-refractivity contribution in [2.45, 2.75) is 11.9 Å². The van der Waals surface area contributed by atoms with E-state index in [0.29, 0.717) is 6.54 Å². The molecule has 0 amide bonds. The van der Waals surface area contributed by atoms with Gasteiger partial charge in [-0.05, 0) is 11.1 Å². The van der Waals surface area contributed by atoms with Crippen LogP contribution in [0.3, 0.4) is 0 Å². The zero-order valence-electron chi connectivity index (χ0n) is 7.83. The molecule has 3 nitrogen and oxygen atoms in total. The first-order valence-corrected chi connectivity index (χ1v) is 7.11. The van der Waals surface area contributed by atoms with E-state index in [1.807, 2.05) is 24.3 Å². The van der Waals surface area contributed by atoms with Crippen LogP contribution in [0, 0.1) is 0 Å².